The SMILES string of the molecule is CC(C)N(C(=O)C1CC1)C1CCC(CC(=O)Nc2cc(-c3ccccc3)c(-c3ccc(C4(N)CC(C)(O)C4)cc3)nn2)CC1. The van der Waals surface area contributed by atoms with Gasteiger partial charge in [0.1, 0.15) is 5.69 Å². The molecule has 3 fully saturated rings. The zero-order chi connectivity index (χ0) is 31.1. The van der Waals surface area contributed by atoms with Crippen molar-refractivity contribution in [1.82, 2.24) is 15.1 Å². The Bertz CT molecular complexity index is 1480. The van der Waals surface area contributed by atoms with Crippen molar-refractivity contribution in [3.63, 3.8) is 0 Å². The molecule has 0 spiro atoms. The highest BCUT2D eigenvalue weighted by atomic mass is 16.3. The van der Waals surface area contributed by atoms with E-state index >= 15 is 0 Å². The largest absolute Gasteiger partial charge is 0.390 e. The number of carbonyl (C=O) groups is 2. The van der Waals surface area contributed by atoms with E-state index in [-0.39, 0.29) is 23.9 Å². The summed E-state index contributed by atoms with van der Waals surface area (Å²) in [6.07, 6.45) is 7.33. The van der Waals surface area contributed by atoms with E-state index in [0.717, 1.165) is 66.5 Å². The number of carbonyl (C=O) groups excluding carboxylic acids is 2. The highest BCUT2D eigenvalue weighted by molar-refractivity contribution is 5.91. The monoisotopic (exact) mass is 595 g/mol. The molecule has 0 bridgehead atoms. The average Bonchev–Trinajstić information content (AvgIpc) is 3.83. The maximum absolute atomic E-state index is 13.2. The Morgan fingerprint density at radius 1 is 0.955 bits per heavy atom. The van der Waals surface area contributed by atoms with Gasteiger partial charge in [0.15, 0.2) is 5.82 Å². The van der Waals surface area contributed by atoms with E-state index in [1.165, 1.54) is 0 Å². The highest BCUT2D eigenvalue weighted by Gasteiger charge is 2.49. The second-order valence-corrected chi connectivity index (χ2v) is 14.0. The van der Waals surface area contributed by atoms with Crippen LogP contribution in [0, 0.1) is 11.8 Å². The lowest BCUT2D eigenvalue weighted by Gasteiger charge is -2.49. The molecule has 3 aliphatic rings. The first-order chi connectivity index (χ1) is 21.0. The molecule has 1 heterocycles. The first-order valence-electron chi connectivity index (χ1n) is 16.2. The highest BCUT2D eigenvalue weighted by Crippen LogP contribution is 2.46. The van der Waals surface area contributed by atoms with Crippen LogP contribution >= 0.6 is 0 Å². The van der Waals surface area contributed by atoms with Gasteiger partial charge in [0.05, 0.1) is 5.60 Å². The molecule has 3 aromatic rings. The van der Waals surface area contributed by atoms with Crippen molar-refractivity contribution in [1.29, 1.82) is 0 Å². The molecule has 3 aliphatic carbocycles. The van der Waals surface area contributed by atoms with Gasteiger partial charge in [-0.1, -0.05) is 54.6 Å². The summed E-state index contributed by atoms with van der Waals surface area (Å²) in [5.41, 5.74) is 9.80. The molecule has 0 unspecified atom stereocenters. The van der Waals surface area contributed by atoms with Crippen molar-refractivity contribution >= 4 is 17.6 Å². The van der Waals surface area contributed by atoms with Gasteiger partial charge < -0.3 is 21.1 Å². The van der Waals surface area contributed by atoms with Gasteiger partial charge in [-0.3, -0.25) is 9.59 Å². The molecule has 8 nitrogen and oxygen atoms in total. The summed E-state index contributed by atoms with van der Waals surface area (Å²) in [7, 11) is 0. The number of amides is 2. The fourth-order valence-corrected chi connectivity index (χ4v) is 7.46. The zero-order valence-corrected chi connectivity index (χ0v) is 26.1. The summed E-state index contributed by atoms with van der Waals surface area (Å²) in [5.74, 6) is 1.22. The molecule has 0 atom stereocenters. The maximum atomic E-state index is 13.2. The molecule has 4 N–H and O–H groups in total. The van der Waals surface area contributed by atoms with Crippen LogP contribution in [0.15, 0.2) is 60.7 Å². The van der Waals surface area contributed by atoms with E-state index in [9.17, 15) is 14.7 Å². The molecule has 0 aliphatic heterocycles. The number of hydrogen-bond acceptors (Lipinski definition) is 6. The number of anilines is 1. The van der Waals surface area contributed by atoms with E-state index in [4.69, 9.17) is 5.73 Å². The standard InChI is InChI=1S/C36H45N5O3/c1-23(2)41(34(43)27-11-12-27)29-17-9-24(10-18-29)19-32(42)38-31-20-30(25-7-5-4-6-8-25)33(40-39-31)26-13-15-28(16-14-26)36(37)21-35(3,44)22-36/h4-8,13-16,20,23-24,27,29,44H,9-12,17-19,21-22,37H2,1-3H3,(H,38,39,42). The summed E-state index contributed by atoms with van der Waals surface area (Å²) >= 11 is 0. The Hall–Kier alpha value is -3.62. The zero-order valence-electron chi connectivity index (χ0n) is 26.1. The third-order valence-corrected chi connectivity index (χ3v) is 9.69. The normalized spacial score (nSPS) is 26.6. The van der Waals surface area contributed by atoms with Gasteiger partial charge in [0.2, 0.25) is 11.8 Å². The van der Waals surface area contributed by atoms with Crippen LogP contribution in [0.4, 0.5) is 5.82 Å². The molecular formula is C36H45N5O3. The molecule has 2 amide bonds. The molecule has 6 rings (SSSR count). The topological polar surface area (TPSA) is 121 Å². The number of nitrogens with zero attached hydrogens (tertiary/aromatic N) is 3. The maximum Gasteiger partial charge on any atom is 0.226 e. The van der Waals surface area contributed by atoms with Crippen molar-refractivity contribution < 1.29 is 14.7 Å². The Morgan fingerprint density at radius 2 is 1.61 bits per heavy atom. The Morgan fingerprint density at radius 3 is 2.20 bits per heavy atom. The van der Waals surface area contributed by atoms with Crippen LogP contribution in [0.3, 0.4) is 0 Å². The van der Waals surface area contributed by atoms with Crippen molar-refractivity contribution in [2.45, 2.75) is 102 Å². The van der Waals surface area contributed by atoms with Crippen LogP contribution in [-0.4, -0.2) is 49.7 Å². The number of benzene rings is 2. The minimum absolute atomic E-state index is 0.0572. The lowest BCUT2D eigenvalue weighted by molar-refractivity contribution is -0.138. The van der Waals surface area contributed by atoms with Gasteiger partial charge in [0.25, 0.3) is 0 Å². The van der Waals surface area contributed by atoms with Crippen LogP contribution in [0.25, 0.3) is 22.4 Å². The summed E-state index contributed by atoms with van der Waals surface area (Å²) in [5, 5.41) is 22.2. The first-order valence-corrected chi connectivity index (χ1v) is 16.2. The minimum Gasteiger partial charge on any atom is -0.390 e. The second-order valence-electron chi connectivity index (χ2n) is 14.0. The van der Waals surface area contributed by atoms with Crippen LogP contribution in [0.1, 0.15) is 84.1 Å². The van der Waals surface area contributed by atoms with Gasteiger partial charge >= 0.3 is 0 Å². The molecule has 0 saturated heterocycles. The molecule has 0 radical (unpaired) electrons. The summed E-state index contributed by atoms with van der Waals surface area (Å²) < 4.78 is 0. The molecule has 232 valence electrons. The Balaban J connectivity index is 1.12. The van der Waals surface area contributed by atoms with Crippen LogP contribution in [-0.2, 0) is 15.1 Å². The lowest BCUT2D eigenvalue weighted by Crippen LogP contribution is -2.58. The van der Waals surface area contributed by atoms with Crippen LogP contribution in [0.5, 0.6) is 0 Å². The van der Waals surface area contributed by atoms with Gasteiger partial charge in [0, 0.05) is 41.1 Å². The molecule has 2 aromatic carbocycles. The van der Waals surface area contributed by atoms with E-state index < -0.39 is 11.1 Å². The molecular weight excluding hydrogens is 550 g/mol. The van der Waals surface area contributed by atoms with Crippen molar-refractivity contribution in [3.8, 4) is 22.4 Å². The van der Waals surface area contributed by atoms with Crippen LogP contribution < -0.4 is 11.1 Å². The summed E-state index contributed by atoms with van der Waals surface area (Å²) in [6, 6.07) is 20.4. The Labute approximate surface area is 260 Å². The predicted molar refractivity (Wildman–Crippen MR) is 172 cm³/mol. The van der Waals surface area contributed by atoms with Crippen LogP contribution in [0.2, 0.25) is 0 Å². The van der Waals surface area contributed by atoms with Gasteiger partial charge in [-0.25, -0.2) is 0 Å². The van der Waals surface area contributed by atoms with E-state index in [2.05, 4.69) is 34.3 Å². The fourth-order valence-electron chi connectivity index (χ4n) is 7.46. The molecule has 1 aromatic heterocycles. The molecule has 8 heteroatoms. The van der Waals surface area contributed by atoms with Gasteiger partial charge in [-0.2, -0.15) is 0 Å². The molecule has 44 heavy (non-hydrogen) atoms. The number of aromatic nitrogens is 2. The van der Waals surface area contributed by atoms with E-state index in [0.29, 0.717) is 36.9 Å². The number of hydrogen-bond donors (Lipinski definition) is 3. The smallest absolute Gasteiger partial charge is 0.226 e. The average molecular weight is 596 g/mol. The number of nitrogens with one attached hydrogen (secondary N) is 1. The molecule has 3 saturated carbocycles. The minimum atomic E-state index is -0.718. The number of aliphatic hydroxyl groups is 1. The summed E-state index contributed by atoms with van der Waals surface area (Å²) in [6.45, 7) is 6.04. The van der Waals surface area contributed by atoms with Crippen molar-refractivity contribution in [2.24, 2.45) is 17.6 Å². The lowest BCUT2D eigenvalue weighted by atomic mass is 9.63. The second kappa shape index (κ2) is 12.1. The summed E-state index contributed by atoms with van der Waals surface area (Å²) in [4.78, 5) is 28.2. The van der Waals surface area contributed by atoms with Gasteiger partial charge in [-0.15, -0.1) is 10.2 Å². The first kappa shape index (κ1) is 30.4. The quantitative estimate of drug-likeness (QED) is 0.277. The fraction of sp³-hybridized carbons (Fsp3) is 0.500. The van der Waals surface area contributed by atoms with Gasteiger partial charge in [-0.05, 0) is 95.2 Å². The van der Waals surface area contributed by atoms with E-state index in [1.54, 1.807) is 0 Å². The third-order valence-electron chi connectivity index (χ3n) is 9.69. The third kappa shape index (κ3) is 6.57. The Kier molecular flexibility index (Phi) is 8.33. The number of rotatable bonds is 9. The van der Waals surface area contributed by atoms with Crippen molar-refractivity contribution in [2.75, 3.05) is 5.32 Å². The van der Waals surface area contributed by atoms with Crippen molar-refractivity contribution in [3.05, 3.63) is 66.2 Å². The predicted octanol–water partition coefficient (Wildman–Crippen LogP) is 6.04. The number of nitrogens with two attached hydrogens (primary N) is 1. The van der Waals surface area contributed by atoms with E-state index in [1.807, 2.05) is 67.6 Å².